The highest BCUT2D eigenvalue weighted by Gasteiger charge is 2.36. The number of aliphatic hydroxyl groups excluding tert-OH is 2. The van der Waals surface area contributed by atoms with Crippen molar-refractivity contribution < 1.29 is 32.9 Å². The van der Waals surface area contributed by atoms with Gasteiger partial charge in [-0.15, -0.1) is 11.8 Å². The second kappa shape index (κ2) is 21.7. The minimum Gasteiger partial charge on any atom is -0.394 e. The van der Waals surface area contributed by atoms with E-state index < -0.39 is 45.3 Å². The van der Waals surface area contributed by atoms with Crippen molar-refractivity contribution in [2.24, 2.45) is 5.11 Å². The SMILES string of the molecule is CC(C)Nc1cccnc1N1CCN(C(=O)c2cc3cc(NS(C)(=O)=O)ccc3[nH]2)CC1.Cc1cn([C@H]2CC(N=[N+]=[N-])[C@@H](CO)O2)c(=O)[nH]c1=O.Nc1ccn([C@H]2CS[C@H](CO)O2)c(=O)n1. The van der Waals surface area contributed by atoms with Crippen LogP contribution in [0.5, 0.6) is 0 Å². The lowest BCUT2D eigenvalue weighted by Crippen LogP contribution is -2.49. The van der Waals surface area contributed by atoms with Gasteiger partial charge in [0.2, 0.25) is 10.0 Å². The maximum Gasteiger partial charge on any atom is 0.351 e. The quantitative estimate of drug-likeness (QED) is 0.0565. The Morgan fingerprint density at radius 2 is 1.82 bits per heavy atom. The minimum absolute atomic E-state index is 0.0572. The van der Waals surface area contributed by atoms with Crippen LogP contribution in [0.15, 0.2) is 80.6 Å². The van der Waals surface area contributed by atoms with Crippen LogP contribution in [0.2, 0.25) is 0 Å². The summed E-state index contributed by atoms with van der Waals surface area (Å²) in [5.74, 6) is 1.65. The average Bonchev–Trinajstić information content (AvgIpc) is 4.04. The van der Waals surface area contributed by atoms with Gasteiger partial charge in [0.25, 0.3) is 11.5 Å². The number of ether oxygens (including phenoxy) is 2. The van der Waals surface area contributed by atoms with Crippen LogP contribution in [-0.4, -0.2) is 134 Å². The second-order valence-electron chi connectivity index (χ2n) is 15.7. The zero-order chi connectivity index (χ0) is 47.7. The molecule has 0 radical (unpaired) electrons. The number of hydrogen-bond acceptors (Lipinski definition) is 17. The molecule has 4 aromatic heterocycles. The van der Waals surface area contributed by atoms with Gasteiger partial charge in [0.1, 0.15) is 29.4 Å². The number of H-pyrrole nitrogens is 2. The van der Waals surface area contributed by atoms with Crippen molar-refractivity contribution >= 4 is 61.6 Å². The molecule has 3 aliphatic heterocycles. The molecule has 3 saturated heterocycles. The number of carbonyl (C=O) groups is 1. The van der Waals surface area contributed by atoms with Crippen LogP contribution < -0.4 is 37.6 Å². The molecular formula is C40H52N14O10S2. The Labute approximate surface area is 381 Å². The van der Waals surface area contributed by atoms with E-state index in [1.165, 1.54) is 27.1 Å². The summed E-state index contributed by atoms with van der Waals surface area (Å²) >= 11 is 1.47. The van der Waals surface area contributed by atoms with Gasteiger partial charge in [-0.2, -0.15) is 4.98 Å². The summed E-state index contributed by atoms with van der Waals surface area (Å²) in [5, 5.41) is 25.8. The zero-order valence-corrected chi connectivity index (χ0v) is 38.1. The molecule has 3 aliphatic rings. The van der Waals surface area contributed by atoms with E-state index in [0.717, 1.165) is 28.7 Å². The number of nitrogen functional groups attached to an aromatic ring is 1. The monoisotopic (exact) mass is 952 g/mol. The Balaban J connectivity index is 0.000000179. The number of benzene rings is 1. The van der Waals surface area contributed by atoms with Crippen molar-refractivity contribution in [3.05, 3.63) is 114 Å². The molecular weight excluding hydrogens is 901 g/mol. The Hall–Kier alpha value is -6.41. The maximum atomic E-state index is 13.1. The third-order valence-electron chi connectivity index (χ3n) is 10.3. The van der Waals surface area contributed by atoms with E-state index in [1.807, 2.05) is 17.0 Å². The first-order valence-corrected chi connectivity index (χ1v) is 23.6. The van der Waals surface area contributed by atoms with Gasteiger partial charge in [0.05, 0.1) is 37.3 Å². The first-order chi connectivity index (χ1) is 31.5. The normalized spacial score (nSPS) is 20.5. The molecule has 0 bridgehead atoms. The first kappa shape index (κ1) is 49.0. The number of amides is 1. The molecule has 3 fully saturated rings. The van der Waals surface area contributed by atoms with Gasteiger partial charge in [0.15, 0.2) is 5.82 Å². The predicted molar refractivity (Wildman–Crippen MR) is 249 cm³/mol. The molecule has 1 unspecified atom stereocenters. The number of pyridine rings is 1. The molecule has 5 aromatic rings. The molecule has 354 valence electrons. The number of hydrogen-bond donors (Lipinski definition) is 7. The number of nitrogens with one attached hydrogen (secondary N) is 4. The van der Waals surface area contributed by atoms with E-state index >= 15 is 0 Å². The number of rotatable bonds is 11. The standard InChI is InChI=1S/C22H28N6O3S.C10H13N5O4.C8H11N3O3S/c1-15(2)24-19-5-4-8-23-21(19)27-9-11-28(12-10-27)22(29)20-14-16-13-17(26-32(3,30)31)6-7-18(16)25-20;1-5-3-15(10(18)12-9(5)17)8-2-6(13-14-11)7(4-16)19-8;9-5-1-2-11(8(13)10-5)6-4-15-7(3-12)14-6/h4-8,13-15,24-26H,9-12H2,1-3H3;3,6-8,16H,2,4H2,1H3,(H,12,17,18);1-2,6-7,12H,3-4H2,(H2,9,10,13)/t;6?,7-,8-;6-,7-/m.11/s1. The van der Waals surface area contributed by atoms with E-state index in [-0.39, 0.29) is 43.0 Å². The number of carbonyl (C=O) groups excluding carboxylic acids is 1. The van der Waals surface area contributed by atoms with Crippen molar-refractivity contribution in [1.82, 2.24) is 34.0 Å². The minimum atomic E-state index is -3.36. The molecule has 8 rings (SSSR count). The van der Waals surface area contributed by atoms with Crippen molar-refractivity contribution in [2.75, 3.05) is 72.1 Å². The summed E-state index contributed by atoms with van der Waals surface area (Å²) in [5.41, 5.74) is 15.2. The van der Waals surface area contributed by atoms with Crippen molar-refractivity contribution in [2.45, 2.75) is 63.3 Å². The number of aromatic amines is 2. The summed E-state index contributed by atoms with van der Waals surface area (Å²) in [6.45, 7) is 7.95. The largest absolute Gasteiger partial charge is 0.394 e. The maximum absolute atomic E-state index is 13.1. The van der Waals surface area contributed by atoms with Crippen LogP contribution in [0.3, 0.4) is 0 Å². The molecule has 0 spiro atoms. The fraction of sp³-hybridized carbons (Fsp3) is 0.450. The summed E-state index contributed by atoms with van der Waals surface area (Å²) in [6.07, 6.45) is 4.41. The van der Waals surface area contributed by atoms with E-state index in [2.05, 4.69) is 58.7 Å². The Kier molecular flexibility index (Phi) is 16.1. The lowest BCUT2D eigenvalue weighted by Gasteiger charge is -2.36. The molecule has 1 aromatic carbocycles. The van der Waals surface area contributed by atoms with Crippen LogP contribution in [0.25, 0.3) is 21.3 Å². The number of nitrogens with zero attached hydrogens (tertiary/aromatic N) is 9. The molecule has 24 nitrogen and oxygen atoms in total. The number of sulfonamides is 1. The predicted octanol–water partition coefficient (Wildman–Crippen LogP) is 1.93. The van der Waals surface area contributed by atoms with Gasteiger partial charge in [-0.25, -0.2) is 23.0 Å². The molecule has 0 saturated carbocycles. The highest BCUT2D eigenvalue weighted by atomic mass is 32.2. The van der Waals surface area contributed by atoms with Gasteiger partial charge in [-0.1, -0.05) is 5.11 Å². The van der Waals surface area contributed by atoms with Crippen LogP contribution in [-0.2, 0) is 19.5 Å². The number of nitrogens with two attached hydrogens (primary N) is 1. The summed E-state index contributed by atoms with van der Waals surface area (Å²) in [7, 11) is -3.36. The zero-order valence-electron chi connectivity index (χ0n) is 36.5. The second-order valence-corrected chi connectivity index (χ2v) is 18.6. The molecule has 66 heavy (non-hydrogen) atoms. The molecule has 5 atom stereocenters. The number of fused-ring (bicyclic) bond motifs is 1. The molecule has 8 N–H and O–H groups in total. The topological polar surface area (TPSA) is 334 Å². The Morgan fingerprint density at radius 3 is 2.47 bits per heavy atom. The summed E-state index contributed by atoms with van der Waals surface area (Å²) < 4.78 is 38.9. The third kappa shape index (κ3) is 12.5. The Bertz CT molecular complexity index is 2840. The Morgan fingerprint density at radius 1 is 1.06 bits per heavy atom. The molecule has 7 heterocycles. The van der Waals surface area contributed by atoms with Crippen LogP contribution in [0, 0.1) is 6.92 Å². The number of piperazine rings is 1. The smallest absolute Gasteiger partial charge is 0.351 e. The van der Waals surface area contributed by atoms with Crippen LogP contribution in [0.1, 0.15) is 48.8 Å². The fourth-order valence-corrected chi connectivity index (χ4v) is 8.74. The number of aryl methyl sites for hydroxylation is 1. The lowest BCUT2D eigenvalue weighted by molar-refractivity contribution is -0.0271. The summed E-state index contributed by atoms with van der Waals surface area (Å²) in [6, 6.07) is 12.2. The van der Waals surface area contributed by atoms with Gasteiger partial charge >= 0.3 is 11.4 Å². The van der Waals surface area contributed by atoms with Gasteiger partial charge in [-0.3, -0.25) is 28.4 Å². The highest BCUT2D eigenvalue weighted by molar-refractivity contribution is 8.00. The number of anilines is 4. The van der Waals surface area contributed by atoms with Crippen molar-refractivity contribution in [1.29, 1.82) is 0 Å². The highest BCUT2D eigenvalue weighted by Crippen LogP contribution is 2.31. The van der Waals surface area contributed by atoms with Crippen molar-refractivity contribution in [3.63, 3.8) is 0 Å². The fourth-order valence-electron chi connectivity index (χ4n) is 7.26. The lowest BCUT2D eigenvalue weighted by atomic mass is 10.1. The van der Waals surface area contributed by atoms with Crippen LogP contribution >= 0.6 is 11.8 Å². The molecule has 1 amide bonds. The number of aromatic nitrogens is 6. The third-order valence-corrected chi connectivity index (χ3v) is 12.1. The number of aliphatic hydroxyl groups is 2. The first-order valence-electron chi connectivity index (χ1n) is 20.7. The van der Waals surface area contributed by atoms with Crippen molar-refractivity contribution in [3.8, 4) is 0 Å². The molecule has 0 aliphatic carbocycles. The van der Waals surface area contributed by atoms with Gasteiger partial charge < -0.3 is 45.5 Å². The van der Waals surface area contributed by atoms with E-state index in [1.54, 1.807) is 49.6 Å². The van der Waals surface area contributed by atoms with E-state index in [9.17, 15) is 27.6 Å². The van der Waals surface area contributed by atoms with E-state index in [0.29, 0.717) is 54.9 Å². The van der Waals surface area contributed by atoms with Crippen LogP contribution in [0.4, 0.5) is 23.0 Å². The van der Waals surface area contributed by atoms with E-state index in [4.69, 9.17) is 31.0 Å². The average molecular weight is 953 g/mol. The van der Waals surface area contributed by atoms with Gasteiger partial charge in [-0.05, 0) is 68.8 Å². The molecule has 26 heteroatoms. The van der Waals surface area contributed by atoms with Gasteiger partial charge in [0, 0.05) is 90.1 Å². The number of thioether (sulfide) groups is 1. The number of azide groups is 1. The summed E-state index contributed by atoms with van der Waals surface area (Å²) in [4.78, 5) is 67.7.